The van der Waals surface area contributed by atoms with Crippen molar-refractivity contribution in [2.75, 3.05) is 10.8 Å². The zero-order valence-corrected chi connectivity index (χ0v) is 20.8. The summed E-state index contributed by atoms with van der Waals surface area (Å²) in [5, 5.41) is 15.3. The minimum absolute atomic E-state index is 0.0378. The zero-order valence-electron chi connectivity index (χ0n) is 19.2. The second kappa shape index (κ2) is 10.7. The Balaban J connectivity index is 1.88. The highest BCUT2D eigenvalue weighted by Crippen LogP contribution is 2.29. The number of sulfonamides is 1. The van der Waals surface area contributed by atoms with Crippen molar-refractivity contribution in [2.24, 2.45) is 5.10 Å². The van der Waals surface area contributed by atoms with Gasteiger partial charge in [-0.25, -0.2) is 13.8 Å². The zero-order chi connectivity index (χ0) is 25.8. The molecule has 0 aliphatic heterocycles. The van der Waals surface area contributed by atoms with E-state index >= 15 is 0 Å². The molecule has 1 N–H and O–H groups in total. The van der Waals surface area contributed by atoms with Gasteiger partial charge >= 0.3 is 0 Å². The Morgan fingerprint density at radius 3 is 2.26 bits per heavy atom. The van der Waals surface area contributed by atoms with Gasteiger partial charge in [-0.3, -0.25) is 19.2 Å². The van der Waals surface area contributed by atoms with Crippen LogP contribution in [0.25, 0.3) is 0 Å². The third kappa shape index (κ3) is 6.23. The van der Waals surface area contributed by atoms with Crippen LogP contribution in [0.5, 0.6) is 0 Å². The van der Waals surface area contributed by atoms with E-state index in [1.807, 2.05) is 6.92 Å². The molecule has 3 aromatic carbocycles. The number of non-ortho nitro benzene ring substituents is 1. The number of hydrogen-bond acceptors (Lipinski definition) is 6. The van der Waals surface area contributed by atoms with Crippen LogP contribution in [0, 0.1) is 24.0 Å². The van der Waals surface area contributed by atoms with Crippen molar-refractivity contribution in [1.29, 1.82) is 0 Å². The van der Waals surface area contributed by atoms with E-state index in [-0.39, 0.29) is 10.6 Å². The molecule has 0 aliphatic rings. The molecule has 1 amide bonds. The minimum atomic E-state index is -4.09. The van der Waals surface area contributed by atoms with E-state index in [1.165, 1.54) is 36.4 Å². The Hall–Kier alpha value is -3.76. The number of rotatable bonds is 8. The topological polar surface area (TPSA) is 122 Å². The highest BCUT2D eigenvalue weighted by molar-refractivity contribution is 7.92. The third-order valence-corrected chi connectivity index (χ3v) is 7.18. The monoisotopic (exact) mass is 514 g/mol. The van der Waals surface area contributed by atoms with Crippen molar-refractivity contribution in [2.45, 2.75) is 25.7 Å². The fourth-order valence-corrected chi connectivity index (χ4v) is 4.95. The van der Waals surface area contributed by atoms with Crippen molar-refractivity contribution in [1.82, 2.24) is 5.43 Å². The van der Waals surface area contributed by atoms with Gasteiger partial charge < -0.3 is 0 Å². The van der Waals surface area contributed by atoms with Crippen LogP contribution in [0.3, 0.4) is 0 Å². The van der Waals surface area contributed by atoms with Crippen molar-refractivity contribution >= 4 is 44.6 Å². The Morgan fingerprint density at radius 1 is 1.06 bits per heavy atom. The first-order chi connectivity index (χ1) is 16.5. The molecular formula is C24H23ClN4O5S. The van der Waals surface area contributed by atoms with Crippen LogP contribution >= 0.6 is 11.6 Å². The molecule has 9 nitrogen and oxygen atoms in total. The van der Waals surface area contributed by atoms with Gasteiger partial charge in [0.05, 0.1) is 21.2 Å². The largest absolute Gasteiger partial charge is 0.271 e. The summed E-state index contributed by atoms with van der Waals surface area (Å²) in [6, 6.07) is 16.7. The standard InChI is InChI=1S/C24H23ClN4O5S/c1-16-4-11-22(12-5-16)35(33,34)28(23-13-8-20(25)14-17(23)2)15-24(30)27-26-18(3)19-6-9-21(10-7-19)29(31)32/h4-14H,15H2,1-3H3,(H,27,30)/b26-18+. The third-order valence-electron chi connectivity index (χ3n) is 5.17. The molecule has 0 fully saturated rings. The first-order valence-corrected chi connectivity index (χ1v) is 12.2. The number of carbonyl (C=O) groups excluding carboxylic acids is 1. The van der Waals surface area contributed by atoms with Gasteiger partial charge in [0.25, 0.3) is 21.6 Å². The van der Waals surface area contributed by atoms with Crippen molar-refractivity contribution < 1.29 is 18.1 Å². The lowest BCUT2D eigenvalue weighted by atomic mass is 10.1. The van der Waals surface area contributed by atoms with Crippen LogP contribution in [-0.4, -0.2) is 31.5 Å². The number of hydrogen-bond donors (Lipinski definition) is 1. The molecule has 0 saturated heterocycles. The van der Waals surface area contributed by atoms with Gasteiger partial charge in [-0.1, -0.05) is 29.3 Å². The average molecular weight is 515 g/mol. The summed E-state index contributed by atoms with van der Waals surface area (Å²) in [5.74, 6) is -0.670. The summed E-state index contributed by atoms with van der Waals surface area (Å²) in [5.41, 5.74) is 5.03. The summed E-state index contributed by atoms with van der Waals surface area (Å²) in [6.07, 6.45) is 0. The molecule has 0 aromatic heterocycles. The van der Waals surface area contributed by atoms with Gasteiger partial charge in [-0.15, -0.1) is 0 Å². The molecule has 182 valence electrons. The summed E-state index contributed by atoms with van der Waals surface area (Å²) >= 11 is 6.04. The maximum atomic E-state index is 13.5. The number of anilines is 1. The molecule has 11 heteroatoms. The molecule has 0 bridgehead atoms. The predicted molar refractivity (Wildman–Crippen MR) is 135 cm³/mol. The Bertz CT molecular complexity index is 1390. The number of nitrogens with one attached hydrogen (secondary N) is 1. The van der Waals surface area contributed by atoms with E-state index < -0.39 is 27.4 Å². The number of carbonyl (C=O) groups is 1. The molecule has 0 atom stereocenters. The molecule has 3 rings (SSSR count). The van der Waals surface area contributed by atoms with E-state index in [0.29, 0.717) is 27.5 Å². The lowest BCUT2D eigenvalue weighted by Crippen LogP contribution is -2.40. The predicted octanol–water partition coefficient (Wildman–Crippen LogP) is 4.60. The molecule has 0 saturated carbocycles. The summed E-state index contributed by atoms with van der Waals surface area (Å²) in [4.78, 5) is 23.1. The first kappa shape index (κ1) is 25.9. The van der Waals surface area contributed by atoms with E-state index in [4.69, 9.17) is 11.6 Å². The lowest BCUT2D eigenvalue weighted by Gasteiger charge is -2.25. The number of nitrogens with zero attached hydrogens (tertiary/aromatic N) is 3. The Morgan fingerprint density at radius 2 is 1.69 bits per heavy atom. The Labute approximate surface area is 208 Å². The highest BCUT2D eigenvalue weighted by atomic mass is 35.5. The van der Waals surface area contributed by atoms with Gasteiger partial charge in [-0.05, 0) is 74.4 Å². The summed E-state index contributed by atoms with van der Waals surface area (Å²) in [6.45, 7) is 4.63. The van der Waals surface area contributed by atoms with Gasteiger partial charge in [0, 0.05) is 17.2 Å². The lowest BCUT2D eigenvalue weighted by molar-refractivity contribution is -0.384. The Kier molecular flexibility index (Phi) is 7.88. The number of amides is 1. The number of nitro groups is 1. The van der Waals surface area contributed by atoms with Crippen LogP contribution in [0.2, 0.25) is 5.02 Å². The number of hydrazone groups is 1. The second-order valence-corrected chi connectivity index (χ2v) is 10.1. The van der Waals surface area contributed by atoms with Gasteiger partial charge in [-0.2, -0.15) is 5.10 Å². The van der Waals surface area contributed by atoms with Crippen molar-refractivity contribution in [3.05, 3.63) is 98.6 Å². The number of halogens is 1. The van der Waals surface area contributed by atoms with Crippen molar-refractivity contribution in [3.8, 4) is 0 Å². The van der Waals surface area contributed by atoms with Crippen LogP contribution in [0.15, 0.2) is 76.7 Å². The molecule has 3 aromatic rings. The molecule has 35 heavy (non-hydrogen) atoms. The van der Waals surface area contributed by atoms with Gasteiger partial charge in [0.15, 0.2) is 0 Å². The molecule has 0 heterocycles. The van der Waals surface area contributed by atoms with Gasteiger partial charge in [0.1, 0.15) is 6.54 Å². The minimum Gasteiger partial charge on any atom is -0.271 e. The number of nitro benzene ring substituents is 1. The van der Waals surface area contributed by atoms with Crippen LogP contribution in [-0.2, 0) is 14.8 Å². The smallest absolute Gasteiger partial charge is 0.269 e. The quantitative estimate of drug-likeness (QED) is 0.267. The van der Waals surface area contributed by atoms with Crippen molar-refractivity contribution in [3.63, 3.8) is 0 Å². The SMILES string of the molecule is C/C(=N\NC(=O)CN(c1ccc(Cl)cc1C)S(=O)(=O)c1ccc(C)cc1)c1ccc([N+](=O)[O-])cc1. The van der Waals surface area contributed by atoms with E-state index in [0.717, 1.165) is 9.87 Å². The number of aryl methyl sites for hydroxylation is 2. The van der Waals surface area contributed by atoms with Crippen LogP contribution < -0.4 is 9.73 Å². The van der Waals surface area contributed by atoms with Crippen LogP contribution in [0.4, 0.5) is 11.4 Å². The van der Waals surface area contributed by atoms with Crippen LogP contribution in [0.1, 0.15) is 23.6 Å². The van der Waals surface area contributed by atoms with E-state index in [2.05, 4.69) is 10.5 Å². The van der Waals surface area contributed by atoms with E-state index in [1.54, 1.807) is 44.2 Å². The fourth-order valence-electron chi connectivity index (χ4n) is 3.24. The molecule has 0 aliphatic carbocycles. The second-order valence-electron chi connectivity index (χ2n) is 7.79. The molecule has 0 unspecified atom stereocenters. The fraction of sp³-hybridized carbons (Fsp3) is 0.167. The first-order valence-electron chi connectivity index (χ1n) is 10.4. The highest BCUT2D eigenvalue weighted by Gasteiger charge is 2.28. The average Bonchev–Trinajstić information content (AvgIpc) is 2.81. The molecular weight excluding hydrogens is 492 g/mol. The normalized spacial score (nSPS) is 11.7. The van der Waals surface area contributed by atoms with Gasteiger partial charge in [0.2, 0.25) is 0 Å². The molecule has 0 spiro atoms. The summed E-state index contributed by atoms with van der Waals surface area (Å²) in [7, 11) is -4.09. The molecule has 0 radical (unpaired) electrons. The van der Waals surface area contributed by atoms with E-state index in [9.17, 15) is 23.3 Å². The maximum Gasteiger partial charge on any atom is 0.269 e. The maximum absolute atomic E-state index is 13.5. The summed E-state index contributed by atoms with van der Waals surface area (Å²) < 4.78 is 28.0. The number of benzene rings is 3.